The molecule has 0 fully saturated rings. The van der Waals surface area contributed by atoms with Crippen LogP contribution < -0.4 is 0 Å². The first-order chi connectivity index (χ1) is 12.8. The van der Waals surface area contributed by atoms with Crippen molar-refractivity contribution in [3.8, 4) is 0 Å². The lowest BCUT2D eigenvalue weighted by atomic mass is 10.1. The summed E-state index contributed by atoms with van der Waals surface area (Å²) in [5.41, 5.74) is 2.51. The van der Waals surface area contributed by atoms with E-state index in [4.69, 9.17) is 4.42 Å². The van der Waals surface area contributed by atoms with Gasteiger partial charge in [0.15, 0.2) is 0 Å². The maximum absolute atomic E-state index is 13.0. The Labute approximate surface area is 159 Å². The molecule has 8 heteroatoms. The standard InChI is InChI=1S/C19H24N4O3S/c1-12(2)10-17-22-23-18(26-17)14(4)27(24,25)19-20-13(3)16(21-19)11-15-8-6-5-7-9-15/h5-9,12,14H,10-11H2,1-4H3,(H,20,21)/t14-/m0/s1. The Bertz CT molecular complexity index is 1010. The Kier molecular flexibility index (Phi) is 5.46. The van der Waals surface area contributed by atoms with Crippen LogP contribution in [0.15, 0.2) is 39.9 Å². The summed E-state index contributed by atoms with van der Waals surface area (Å²) in [6, 6.07) is 9.80. The molecule has 2 heterocycles. The number of hydrogen-bond donors (Lipinski definition) is 1. The quantitative estimate of drug-likeness (QED) is 0.665. The van der Waals surface area contributed by atoms with Gasteiger partial charge >= 0.3 is 0 Å². The Morgan fingerprint density at radius 3 is 2.48 bits per heavy atom. The zero-order chi connectivity index (χ0) is 19.6. The third-order valence-corrected chi connectivity index (χ3v) is 6.19. The van der Waals surface area contributed by atoms with Crippen LogP contribution in [0.2, 0.25) is 0 Å². The molecule has 0 bridgehead atoms. The third kappa shape index (κ3) is 4.27. The molecule has 0 unspecified atom stereocenters. The number of H-pyrrole nitrogens is 1. The highest BCUT2D eigenvalue weighted by Crippen LogP contribution is 2.27. The van der Waals surface area contributed by atoms with Crippen LogP contribution in [-0.4, -0.2) is 28.6 Å². The van der Waals surface area contributed by atoms with E-state index in [1.165, 1.54) is 6.92 Å². The molecule has 27 heavy (non-hydrogen) atoms. The zero-order valence-corrected chi connectivity index (χ0v) is 16.7. The van der Waals surface area contributed by atoms with Crippen LogP contribution in [-0.2, 0) is 22.7 Å². The third-order valence-electron chi connectivity index (χ3n) is 4.33. The lowest BCUT2D eigenvalue weighted by Crippen LogP contribution is -2.13. The summed E-state index contributed by atoms with van der Waals surface area (Å²) < 4.78 is 31.5. The average Bonchev–Trinajstić information content (AvgIpc) is 3.22. The molecule has 2 aromatic heterocycles. The van der Waals surface area contributed by atoms with Gasteiger partial charge in [0.1, 0.15) is 5.25 Å². The lowest BCUT2D eigenvalue weighted by molar-refractivity contribution is 0.422. The van der Waals surface area contributed by atoms with Crippen LogP contribution in [0, 0.1) is 12.8 Å². The number of nitrogens with one attached hydrogen (secondary N) is 1. The van der Waals surface area contributed by atoms with Crippen molar-refractivity contribution in [2.75, 3.05) is 0 Å². The highest BCUT2D eigenvalue weighted by Gasteiger charge is 2.33. The van der Waals surface area contributed by atoms with Crippen molar-refractivity contribution < 1.29 is 12.8 Å². The van der Waals surface area contributed by atoms with Crippen LogP contribution in [0.4, 0.5) is 0 Å². The van der Waals surface area contributed by atoms with Gasteiger partial charge < -0.3 is 9.40 Å². The van der Waals surface area contributed by atoms with E-state index in [0.29, 0.717) is 30.3 Å². The summed E-state index contributed by atoms with van der Waals surface area (Å²) in [7, 11) is -3.76. The minimum absolute atomic E-state index is 0.0676. The van der Waals surface area contributed by atoms with E-state index in [1.54, 1.807) is 0 Å². The second-order valence-corrected chi connectivity index (χ2v) is 9.28. The van der Waals surface area contributed by atoms with Gasteiger partial charge in [-0.05, 0) is 25.3 Å². The van der Waals surface area contributed by atoms with E-state index in [-0.39, 0.29) is 11.0 Å². The molecule has 0 saturated carbocycles. The molecule has 3 rings (SSSR count). The maximum atomic E-state index is 13.0. The molecule has 0 aliphatic heterocycles. The molecule has 0 aliphatic carbocycles. The van der Waals surface area contributed by atoms with Gasteiger partial charge in [0.25, 0.3) is 0 Å². The predicted octanol–water partition coefficient (Wildman–Crippen LogP) is 3.43. The predicted molar refractivity (Wildman–Crippen MR) is 101 cm³/mol. The molecule has 0 amide bonds. The first-order valence-corrected chi connectivity index (χ1v) is 10.5. The van der Waals surface area contributed by atoms with Gasteiger partial charge in [-0.15, -0.1) is 10.2 Å². The van der Waals surface area contributed by atoms with Crippen molar-refractivity contribution in [3.05, 3.63) is 59.1 Å². The topological polar surface area (TPSA) is 102 Å². The molecule has 144 valence electrons. The van der Waals surface area contributed by atoms with Gasteiger partial charge in [-0.1, -0.05) is 44.2 Å². The minimum Gasteiger partial charge on any atom is -0.424 e. The Hall–Kier alpha value is -2.48. The normalized spacial score (nSPS) is 13.2. The fraction of sp³-hybridized carbons (Fsp3) is 0.421. The Morgan fingerprint density at radius 1 is 1.11 bits per heavy atom. The fourth-order valence-corrected chi connectivity index (χ4v) is 3.95. The largest absolute Gasteiger partial charge is 0.424 e. The second kappa shape index (κ2) is 7.64. The molecule has 1 aromatic carbocycles. The van der Waals surface area contributed by atoms with Gasteiger partial charge in [0, 0.05) is 18.5 Å². The highest BCUT2D eigenvalue weighted by molar-refractivity contribution is 7.91. The van der Waals surface area contributed by atoms with Crippen molar-refractivity contribution in [2.45, 2.75) is 50.9 Å². The van der Waals surface area contributed by atoms with Crippen molar-refractivity contribution in [3.63, 3.8) is 0 Å². The average molecular weight is 388 g/mol. The number of aryl methyl sites for hydroxylation is 1. The van der Waals surface area contributed by atoms with E-state index in [9.17, 15) is 8.42 Å². The lowest BCUT2D eigenvalue weighted by Gasteiger charge is -2.06. The van der Waals surface area contributed by atoms with Crippen molar-refractivity contribution >= 4 is 9.84 Å². The molecular formula is C19H24N4O3S. The van der Waals surface area contributed by atoms with Gasteiger partial charge in [-0.2, -0.15) is 0 Å². The van der Waals surface area contributed by atoms with E-state index >= 15 is 0 Å². The summed E-state index contributed by atoms with van der Waals surface area (Å²) in [6.07, 6.45) is 1.17. The maximum Gasteiger partial charge on any atom is 0.234 e. The van der Waals surface area contributed by atoms with Gasteiger partial charge in [0.2, 0.25) is 26.8 Å². The smallest absolute Gasteiger partial charge is 0.234 e. The van der Waals surface area contributed by atoms with Crippen LogP contribution in [0.5, 0.6) is 0 Å². The monoisotopic (exact) mass is 388 g/mol. The summed E-state index contributed by atoms with van der Waals surface area (Å²) in [5.74, 6) is 0.880. The number of nitrogens with zero attached hydrogens (tertiary/aromatic N) is 3. The van der Waals surface area contributed by atoms with Gasteiger partial charge in [-0.3, -0.25) is 0 Å². The SMILES string of the molecule is Cc1[nH]c(S(=O)(=O)[C@@H](C)c2nnc(CC(C)C)o2)nc1Cc1ccccc1. The molecule has 1 N–H and O–H groups in total. The Balaban J connectivity index is 1.84. The first-order valence-electron chi connectivity index (χ1n) is 8.93. The van der Waals surface area contributed by atoms with Crippen LogP contribution in [0.3, 0.4) is 0 Å². The summed E-state index contributed by atoms with van der Waals surface area (Å²) in [4.78, 5) is 7.25. The Morgan fingerprint density at radius 2 is 1.81 bits per heavy atom. The van der Waals surface area contributed by atoms with E-state index < -0.39 is 15.1 Å². The summed E-state index contributed by atoms with van der Waals surface area (Å²) >= 11 is 0. The molecule has 1 atom stereocenters. The minimum atomic E-state index is -3.76. The molecule has 0 spiro atoms. The molecule has 3 aromatic rings. The van der Waals surface area contributed by atoms with Gasteiger partial charge in [-0.25, -0.2) is 13.4 Å². The zero-order valence-electron chi connectivity index (χ0n) is 15.9. The van der Waals surface area contributed by atoms with Crippen molar-refractivity contribution in [1.29, 1.82) is 0 Å². The van der Waals surface area contributed by atoms with E-state index in [2.05, 4.69) is 20.2 Å². The first kappa shape index (κ1) is 19.3. The number of imidazole rings is 1. The fourth-order valence-electron chi connectivity index (χ4n) is 2.73. The van der Waals surface area contributed by atoms with Crippen molar-refractivity contribution in [1.82, 2.24) is 20.2 Å². The molecule has 0 saturated heterocycles. The van der Waals surface area contributed by atoms with Gasteiger partial charge in [0.05, 0.1) is 5.69 Å². The number of aromatic amines is 1. The van der Waals surface area contributed by atoms with Crippen molar-refractivity contribution in [2.24, 2.45) is 5.92 Å². The second-order valence-electron chi connectivity index (χ2n) is 7.10. The van der Waals surface area contributed by atoms with E-state index in [0.717, 1.165) is 11.3 Å². The number of hydrogen-bond acceptors (Lipinski definition) is 6. The molecule has 0 radical (unpaired) electrons. The highest BCUT2D eigenvalue weighted by atomic mass is 32.2. The number of aromatic nitrogens is 4. The van der Waals surface area contributed by atoms with E-state index in [1.807, 2.05) is 51.1 Å². The molecule has 0 aliphatic rings. The molecule has 7 nitrogen and oxygen atoms in total. The number of benzene rings is 1. The summed E-state index contributed by atoms with van der Waals surface area (Å²) in [5, 5.41) is 6.83. The molecular weight excluding hydrogens is 364 g/mol. The number of rotatable bonds is 7. The van der Waals surface area contributed by atoms with Crippen LogP contribution >= 0.6 is 0 Å². The summed E-state index contributed by atoms with van der Waals surface area (Å²) in [6.45, 7) is 7.42. The van der Waals surface area contributed by atoms with Crippen LogP contribution in [0.25, 0.3) is 0 Å². The number of sulfone groups is 1. The van der Waals surface area contributed by atoms with Crippen LogP contribution in [0.1, 0.15) is 54.8 Å².